The zero-order valence-corrected chi connectivity index (χ0v) is 17.4. The van der Waals surface area contributed by atoms with Gasteiger partial charge in [-0.2, -0.15) is 0 Å². The summed E-state index contributed by atoms with van der Waals surface area (Å²) < 4.78 is 7.44. The largest absolute Gasteiger partial charge is 0.495 e. The maximum atomic E-state index is 12.6. The molecular weight excluding hydrogens is 440 g/mol. The summed E-state index contributed by atoms with van der Waals surface area (Å²) >= 11 is 3.35. The van der Waals surface area contributed by atoms with E-state index in [1.54, 1.807) is 30.3 Å². The highest BCUT2D eigenvalue weighted by molar-refractivity contribution is 9.10. The average Bonchev–Trinajstić information content (AvgIpc) is 2.68. The van der Waals surface area contributed by atoms with E-state index in [2.05, 4.69) is 31.5 Å². The molecule has 0 spiro atoms. The van der Waals surface area contributed by atoms with Crippen molar-refractivity contribution < 1.29 is 14.3 Å². The van der Waals surface area contributed by atoms with Crippen LogP contribution in [0.15, 0.2) is 52.0 Å². The van der Waals surface area contributed by atoms with Crippen LogP contribution in [0.2, 0.25) is 0 Å². The lowest BCUT2D eigenvalue weighted by Crippen LogP contribution is -2.23. The van der Waals surface area contributed by atoms with Crippen LogP contribution in [0.4, 0.5) is 11.4 Å². The average molecular weight is 459 g/mol. The number of aryl methyl sites for hydroxylation is 1. The lowest BCUT2D eigenvalue weighted by molar-refractivity contribution is -0.116. The van der Waals surface area contributed by atoms with E-state index >= 15 is 0 Å². The van der Waals surface area contributed by atoms with Crippen LogP contribution in [0, 0.1) is 0 Å². The molecule has 3 rings (SSSR count). The quantitative estimate of drug-likeness (QED) is 0.590. The van der Waals surface area contributed by atoms with E-state index in [1.165, 1.54) is 24.9 Å². The molecule has 2 amide bonds. The second-order valence-electron chi connectivity index (χ2n) is 6.30. The molecule has 1 aromatic heterocycles. The summed E-state index contributed by atoms with van der Waals surface area (Å²) in [6.07, 6.45) is 1.50. The predicted molar refractivity (Wildman–Crippen MR) is 114 cm³/mol. The standard InChI is InChI=1S/C20H19BrN4O4/c1-12(26)23-14-4-6-18(29-2)17(10-14)24-19(27)7-8-25-11-22-16-5-3-13(21)9-15(16)20(25)28/h3-6,9-11H,7-8H2,1-2H3,(H,23,26)(H,24,27). The molecule has 3 aromatic rings. The topological polar surface area (TPSA) is 102 Å². The molecule has 9 heteroatoms. The van der Waals surface area contributed by atoms with E-state index in [4.69, 9.17) is 4.74 Å². The third-order valence-corrected chi connectivity index (χ3v) is 4.65. The van der Waals surface area contributed by atoms with Gasteiger partial charge in [0.15, 0.2) is 0 Å². The Kier molecular flexibility index (Phi) is 6.28. The Morgan fingerprint density at radius 1 is 1.17 bits per heavy atom. The summed E-state index contributed by atoms with van der Waals surface area (Å²) in [6, 6.07) is 10.2. The molecule has 0 aliphatic rings. The van der Waals surface area contributed by atoms with E-state index in [0.717, 1.165) is 4.47 Å². The summed E-state index contributed by atoms with van der Waals surface area (Å²) in [5.74, 6) is -0.0615. The Morgan fingerprint density at radius 2 is 1.97 bits per heavy atom. The van der Waals surface area contributed by atoms with Crippen molar-refractivity contribution in [1.29, 1.82) is 0 Å². The van der Waals surface area contributed by atoms with Crippen molar-refractivity contribution in [3.63, 3.8) is 0 Å². The Hall–Kier alpha value is -3.20. The van der Waals surface area contributed by atoms with Gasteiger partial charge in [0.05, 0.1) is 30.0 Å². The zero-order valence-electron chi connectivity index (χ0n) is 15.9. The number of anilines is 2. The number of aromatic nitrogens is 2. The molecule has 0 radical (unpaired) electrons. The number of nitrogens with zero attached hydrogens (tertiary/aromatic N) is 2. The number of halogens is 1. The third-order valence-electron chi connectivity index (χ3n) is 4.16. The molecule has 8 nitrogen and oxygen atoms in total. The summed E-state index contributed by atoms with van der Waals surface area (Å²) in [4.78, 5) is 40.5. The fourth-order valence-corrected chi connectivity index (χ4v) is 3.17. The van der Waals surface area contributed by atoms with Crippen LogP contribution in [0.25, 0.3) is 10.9 Å². The van der Waals surface area contributed by atoms with Gasteiger partial charge in [0.1, 0.15) is 5.75 Å². The second kappa shape index (κ2) is 8.87. The van der Waals surface area contributed by atoms with Crippen LogP contribution in [-0.4, -0.2) is 28.5 Å². The van der Waals surface area contributed by atoms with Crippen molar-refractivity contribution in [2.75, 3.05) is 17.7 Å². The number of carbonyl (C=O) groups is 2. The zero-order chi connectivity index (χ0) is 21.0. The van der Waals surface area contributed by atoms with Gasteiger partial charge in [0, 0.05) is 30.0 Å². The highest BCUT2D eigenvalue weighted by atomic mass is 79.9. The first kappa shape index (κ1) is 20.5. The highest BCUT2D eigenvalue weighted by Gasteiger charge is 2.11. The number of fused-ring (bicyclic) bond motifs is 1. The number of rotatable bonds is 6. The van der Waals surface area contributed by atoms with Gasteiger partial charge in [-0.05, 0) is 36.4 Å². The third kappa shape index (κ3) is 5.00. The van der Waals surface area contributed by atoms with Gasteiger partial charge in [-0.1, -0.05) is 15.9 Å². The van der Waals surface area contributed by atoms with E-state index in [1.807, 2.05) is 6.07 Å². The van der Waals surface area contributed by atoms with E-state index < -0.39 is 0 Å². The van der Waals surface area contributed by atoms with Crippen molar-refractivity contribution in [3.8, 4) is 5.75 Å². The van der Waals surface area contributed by atoms with Gasteiger partial charge < -0.3 is 15.4 Å². The SMILES string of the molecule is COc1ccc(NC(C)=O)cc1NC(=O)CCn1cnc2ccc(Br)cc2c1=O. The molecule has 29 heavy (non-hydrogen) atoms. The molecule has 0 atom stereocenters. The lowest BCUT2D eigenvalue weighted by Gasteiger charge is -2.13. The first-order chi connectivity index (χ1) is 13.9. The number of hydrogen-bond donors (Lipinski definition) is 2. The van der Waals surface area contributed by atoms with Crippen molar-refractivity contribution in [2.45, 2.75) is 19.9 Å². The maximum Gasteiger partial charge on any atom is 0.261 e. The summed E-state index contributed by atoms with van der Waals surface area (Å²) in [7, 11) is 1.49. The van der Waals surface area contributed by atoms with Gasteiger partial charge in [-0.25, -0.2) is 4.98 Å². The molecule has 0 unspecified atom stereocenters. The van der Waals surface area contributed by atoms with E-state index in [-0.39, 0.29) is 30.3 Å². The minimum Gasteiger partial charge on any atom is -0.495 e. The van der Waals surface area contributed by atoms with Crippen LogP contribution in [0.5, 0.6) is 5.75 Å². The second-order valence-corrected chi connectivity index (χ2v) is 7.21. The smallest absolute Gasteiger partial charge is 0.261 e. The van der Waals surface area contributed by atoms with Gasteiger partial charge in [-0.3, -0.25) is 19.0 Å². The van der Waals surface area contributed by atoms with Crippen molar-refractivity contribution in [3.05, 3.63) is 57.6 Å². The molecule has 150 valence electrons. The Balaban J connectivity index is 1.73. The summed E-state index contributed by atoms with van der Waals surface area (Å²) in [5, 5.41) is 5.88. The molecule has 0 fully saturated rings. The van der Waals surface area contributed by atoms with E-state index in [0.29, 0.717) is 28.0 Å². The number of amides is 2. The maximum absolute atomic E-state index is 12.6. The number of ether oxygens (including phenoxy) is 1. The Bertz CT molecular complexity index is 1140. The van der Waals surface area contributed by atoms with Gasteiger partial charge in [0.25, 0.3) is 5.56 Å². The van der Waals surface area contributed by atoms with Crippen LogP contribution >= 0.6 is 15.9 Å². The van der Waals surface area contributed by atoms with Gasteiger partial charge >= 0.3 is 0 Å². The highest BCUT2D eigenvalue weighted by Crippen LogP contribution is 2.28. The monoisotopic (exact) mass is 458 g/mol. The molecule has 1 heterocycles. The first-order valence-electron chi connectivity index (χ1n) is 8.77. The minimum absolute atomic E-state index is 0.0641. The van der Waals surface area contributed by atoms with Crippen LogP contribution < -0.4 is 20.9 Å². The summed E-state index contributed by atoms with van der Waals surface area (Å²) in [5.41, 5.74) is 1.35. The number of hydrogen-bond acceptors (Lipinski definition) is 5. The molecular formula is C20H19BrN4O4. The minimum atomic E-state index is -0.301. The Labute approximate surface area is 175 Å². The summed E-state index contributed by atoms with van der Waals surface area (Å²) in [6.45, 7) is 1.57. The normalized spacial score (nSPS) is 10.6. The molecule has 0 bridgehead atoms. The molecule has 0 saturated heterocycles. The van der Waals surface area contributed by atoms with Crippen LogP contribution in [0.1, 0.15) is 13.3 Å². The predicted octanol–water partition coefficient (Wildman–Crippen LogP) is 3.15. The molecule has 2 aromatic carbocycles. The fourth-order valence-electron chi connectivity index (χ4n) is 2.81. The van der Waals surface area contributed by atoms with Crippen LogP contribution in [-0.2, 0) is 16.1 Å². The van der Waals surface area contributed by atoms with Crippen LogP contribution in [0.3, 0.4) is 0 Å². The van der Waals surface area contributed by atoms with Gasteiger partial charge in [0.2, 0.25) is 11.8 Å². The van der Waals surface area contributed by atoms with Crippen molar-refractivity contribution in [1.82, 2.24) is 9.55 Å². The first-order valence-corrected chi connectivity index (χ1v) is 9.57. The van der Waals surface area contributed by atoms with Crippen molar-refractivity contribution in [2.24, 2.45) is 0 Å². The molecule has 2 N–H and O–H groups in total. The number of methoxy groups -OCH3 is 1. The number of benzene rings is 2. The number of nitrogens with one attached hydrogen (secondary N) is 2. The lowest BCUT2D eigenvalue weighted by atomic mass is 10.2. The number of carbonyl (C=O) groups excluding carboxylic acids is 2. The molecule has 0 saturated carbocycles. The molecule has 0 aliphatic carbocycles. The van der Waals surface area contributed by atoms with E-state index in [9.17, 15) is 14.4 Å². The Morgan fingerprint density at radius 3 is 2.69 bits per heavy atom. The van der Waals surface area contributed by atoms with Gasteiger partial charge in [-0.15, -0.1) is 0 Å². The molecule has 0 aliphatic heterocycles. The van der Waals surface area contributed by atoms with Crippen molar-refractivity contribution >= 4 is 50.0 Å². The fraction of sp³-hybridized carbons (Fsp3) is 0.200.